The number of para-hydroxylation sites is 1. The minimum absolute atomic E-state index is 0.165. The van der Waals surface area contributed by atoms with Crippen LogP contribution in [0.4, 0.5) is 5.82 Å². The van der Waals surface area contributed by atoms with Crippen LogP contribution in [0.1, 0.15) is 11.5 Å². The van der Waals surface area contributed by atoms with Gasteiger partial charge in [0.05, 0.1) is 23.3 Å². The van der Waals surface area contributed by atoms with Crippen LogP contribution in [0.3, 0.4) is 0 Å². The molecule has 0 aliphatic heterocycles. The highest BCUT2D eigenvalue weighted by atomic mass is 32.2. The second-order valence-electron chi connectivity index (χ2n) is 5.90. The lowest BCUT2D eigenvalue weighted by molar-refractivity contribution is -0.113. The van der Waals surface area contributed by atoms with Crippen LogP contribution in [0.2, 0.25) is 0 Å². The number of carbonyl (C=O) groups is 1. The summed E-state index contributed by atoms with van der Waals surface area (Å²) in [5.74, 6) is 0.997. The fraction of sp³-hybridized carbons (Fsp3) is 0.167. The number of thioether (sulfide) groups is 1. The van der Waals surface area contributed by atoms with Crippen molar-refractivity contribution < 1.29 is 9.32 Å². The van der Waals surface area contributed by atoms with Gasteiger partial charge in [-0.25, -0.2) is 4.68 Å². The van der Waals surface area contributed by atoms with Gasteiger partial charge in [0.25, 0.3) is 0 Å². The molecular weight excluding hydrogens is 364 g/mol. The minimum Gasteiger partial charge on any atom is -0.360 e. The van der Waals surface area contributed by atoms with Crippen molar-refractivity contribution in [2.75, 3.05) is 11.1 Å². The Morgan fingerprint density at radius 3 is 2.78 bits per heavy atom. The topological polar surface area (TPSA) is 98.7 Å². The number of hydrogen-bond acceptors (Lipinski definition) is 7. The van der Waals surface area contributed by atoms with Crippen LogP contribution in [0, 0.1) is 13.8 Å². The smallest absolute Gasteiger partial charge is 0.236 e. The van der Waals surface area contributed by atoms with E-state index in [1.807, 2.05) is 41.9 Å². The number of nitrogens with zero attached hydrogens (tertiary/aromatic N) is 5. The molecule has 4 aromatic rings. The molecule has 0 unspecified atom stereocenters. The van der Waals surface area contributed by atoms with E-state index >= 15 is 0 Å². The second-order valence-corrected chi connectivity index (χ2v) is 6.87. The van der Waals surface area contributed by atoms with E-state index in [-0.39, 0.29) is 11.7 Å². The SMILES string of the molecule is Cc1cc(NC(=O)CSc2nnc(C)c3cnn(-c4ccccc4)c23)no1. The third kappa shape index (κ3) is 3.54. The Hall–Kier alpha value is -3.20. The first-order valence-corrected chi connectivity index (χ1v) is 9.23. The molecule has 3 aromatic heterocycles. The number of hydrogen-bond donors (Lipinski definition) is 1. The Morgan fingerprint density at radius 2 is 2.04 bits per heavy atom. The van der Waals surface area contributed by atoms with Gasteiger partial charge in [-0.2, -0.15) is 10.2 Å². The normalized spacial score (nSPS) is 11.0. The fourth-order valence-electron chi connectivity index (χ4n) is 2.64. The van der Waals surface area contributed by atoms with Crippen molar-refractivity contribution in [1.29, 1.82) is 0 Å². The summed E-state index contributed by atoms with van der Waals surface area (Å²) in [5, 5.41) is 21.0. The van der Waals surface area contributed by atoms with Crippen molar-refractivity contribution in [3.8, 4) is 5.69 Å². The molecule has 1 amide bonds. The Labute approximate surface area is 159 Å². The molecule has 3 heterocycles. The molecule has 136 valence electrons. The quantitative estimate of drug-likeness (QED) is 0.531. The van der Waals surface area contributed by atoms with E-state index in [9.17, 15) is 4.79 Å². The fourth-order valence-corrected chi connectivity index (χ4v) is 3.41. The van der Waals surface area contributed by atoms with Gasteiger partial charge in [-0.15, -0.1) is 5.10 Å². The van der Waals surface area contributed by atoms with E-state index in [0.29, 0.717) is 16.6 Å². The van der Waals surface area contributed by atoms with E-state index in [1.54, 1.807) is 19.2 Å². The van der Waals surface area contributed by atoms with Gasteiger partial charge < -0.3 is 9.84 Å². The average Bonchev–Trinajstić information content (AvgIpc) is 3.29. The van der Waals surface area contributed by atoms with Crippen molar-refractivity contribution in [2.45, 2.75) is 18.9 Å². The third-order valence-corrected chi connectivity index (χ3v) is 4.84. The van der Waals surface area contributed by atoms with Crippen LogP contribution < -0.4 is 5.32 Å². The average molecular weight is 380 g/mol. The van der Waals surface area contributed by atoms with Crippen LogP contribution in [-0.4, -0.2) is 36.8 Å². The number of fused-ring (bicyclic) bond motifs is 1. The summed E-state index contributed by atoms with van der Waals surface area (Å²) in [6.07, 6.45) is 1.77. The van der Waals surface area contributed by atoms with Gasteiger partial charge in [0, 0.05) is 11.5 Å². The number of rotatable bonds is 5. The van der Waals surface area contributed by atoms with Gasteiger partial charge in [-0.1, -0.05) is 35.1 Å². The van der Waals surface area contributed by atoms with Crippen LogP contribution in [-0.2, 0) is 4.79 Å². The predicted molar refractivity (Wildman–Crippen MR) is 102 cm³/mol. The molecule has 0 atom stereocenters. The Morgan fingerprint density at radius 1 is 1.22 bits per heavy atom. The van der Waals surface area contributed by atoms with Gasteiger partial charge in [0.15, 0.2) is 5.82 Å². The molecule has 0 aliphatic rings. The molecule has 0 fully saturated rings. The van der Waals surface area contributed by atoms with Gasteiger partial charge in [-0.3, -0.25) is 4.79 Å². The van der Waals surface area contributed by atoms with Crippen molar-refractivity contribution in [3.05, 3.63) is 54.0 Å². The number of carbonyl (C=O) groups excluding carboxylic acids is 1. The maximum Gasteiger partial charge on any atom is 0.236 e. The molecule has 9 heteroatoms. The van der Waals surface area contributed by atoms with Gasteiger partial charge in [-0.05, 0) is 26.0 Å². The van der Waals surface area contributed by atoms with Gasteiger partial charge >= 0.3 is 0 Å². The Balaban J connectivity index is 1.61. The van der Waals surface area contributed by atoms with Crippen LogP contribution >= 0.6 is 11.8 Å². The number of anilines is 1. The first kappa shape index (κ1) is 17.2. The molecule has 0 radical (unpaired) electrons. The lowest BCUT2D eigenvalue weighted by Crippen LogP contribution is -2.14. The Bertz CT molecular complexity index is 1110. The van der Waals surface area contributed by atoms with Crippen LogP contribution in [0.5, 0.6) is 0 Å². The molecule has 0 aliphatic carbocycles. The van der Waals surface area contributed by atoms with Gasteiger partial charge in [0.2, 0.25) is 5.91 Å². The molecular formula is C18H16N6O2S. The summed E-state index contributed by atoms with van der Waals surface area (Å²) < 4.78 is 6.77. The standard InChI is InChI=1S/C18H16N6O2S/c1-11-8-15(23-26-11)20-16(25)10-27-18-17-14(12(2)21-22-18)9-19-24(17)13-6-4-3-5-7-13/h3-9H,10H2,1-2H3,(H,20,23,25). The van der Waals surface area contributed by atoms with E-state index < -0.39 is 0 Å². The number of amides is 1. The van der Waals surface area contributed by atoms with Crippen LogP contribution in [0.15, 0.2) is 52.1 Å². The molecule has 0 saturated carbocycles. The number of benzene rings is 1. The van der Waals surface area contributed by atoms with Gasteiger partial charge in [0.1, 0.15) is 16.3 Å². The maximum absolute atomic E-state index is 12.2. The highest BCUT2D eigenvalue weighted by Gasteiger charge is 2.16. The molecule has 4 rings (SSSR count). The third-order valence-electron chi connectivity index (χ3n) is 3.89. The number of nitrogens with one attached hydrogen (secondary N) is 1. The summed E-state index contributed by atoms with van der Waals surface area (Å²) >= 11 is 1.30. The number of aryl methyl sites for hydroxylation is 2. The lowest BCUT2D eigenvalue weighted by atomic mass is 10.3. The van der Waals surface area contributed by atoms with Crippen molar-refractivity contribution >= 4 is 34.4 Å². The van der Waals surface area contributed by atoms with Crippen molar-refractivity contribution in [1.82, 2.24) is 25.1 Å². The molecule has 0 bridgehead atoms. The lowest BCUT2D eigenvalue weighted by Gasteiger charge is -2.07. The second kappa shape index (κ2) is 7.20. The minimum atomic E-state index is -0.199. The first-order chi connectivity index (χ1) is 13.1. The van der Waals surface area contributed by atoms with E-state index in [1.165, 1.54) is 11.8 Å². The molecule has 1 N–H and O–H groups in total. The zero-order valence-corrected chi connectivity index (χ0v) is 15.5. The summed E-state index contributed by atoms with van der Waals surface area (Å²) in [6, 6.07) is 11.4. The summed E-state index contributed by atoms with van der Waals surface area (Å²) in [6.45, 7) is 3.65. The van der Waals surface area contributed by atoms with E-state index in [4.69, 9.17) is 4.52 Å². The largest absolute Gasteiger partial charge is 0.360 e. The maximum atomic E-state index is 12.2. The molecule has 27 heavy (non-hydrogen) atoms. The summed E-state index contributed by atoms with van der Waals surface area (Å²) in [4.78, 5) is 12.2. The zero-order valence-electron chi connectivity index (χ0n) is 14.7. The first-order valence-electron chi connectivity index (χ1n) is 8.24. The monoisotopic (exact) mass is 380 g/mol. The zero-order chi connectivity index (χ0) is 18.8. The summed E-state index contributed by atoms with van der Waals surface area (Å²) in [5.41, 5.74) is 2.55. The molecule has 0 saturated heterocycles. The molecule has 1 aromatic carbocycles. The molecule has 8 nitrogen and oxygen atoms in total. The highest BCUT2D eigenvalue weighted by Crippen LogP contribution is 2.28. The molecule has 0 spiro atoms. The Kier molecular flexibility index (Phi) is 4.59. The van der Waals surface area contributed by atoms with Crippen LogP contribution in [0.25, 0.3) is 16.6 Å². The summed E-state index contributed by atoms with van der Waals surface area (Å²) in [7, 11) is 0. The van der Waals surface area contributed by atoms with E-state index in [0.717, 1.165) is 22.3 Å². The van der Waals surface area contributed by atoms with E-state index in [2.05, 4.69) is 25.8 Å². The number of aromatic nitrogens is 5. The predicted octanol–water partition coefficient (Wildman–Crippen LogP) is 3.15. The van der Waals surface area contributed by atoms with Crippen molar-refractivity contribution in [2.24, 2.45) is 0 Å². The highest BCUT2D eigenvalue weighted by molar-refractivity contribution is 8.00. The van der Waals surface area contributed by atoms with Crippen molar-refractivity contribution in [3.63, 3.8) is 0 Å².